The van der Waals surface area contributed by atoms with Gasteiger partial charge in [0.05, 0.1) is 16.0 Å². The quantitative estimate of drug-likeness (QED) is 0.749. The zero-order chi connectivity index (χ0) is 16.4. The number of thioether (sulfide) groups is 1. The summed E-state index contributed by atoms with van der Waals surface area (Å²) in [5.74, 6) is -0.671. The van der Waals surface area contributed by atoms with Gasteiger partial charge < -0.3 is 10.6 Å². The van der Waals surface area contributed by atoms with Gasteiger partial charge in [-0.2, -0.15) is 0 Å². The summed E-state index contributed by atoms with van der Waals surface area (Å²) in [5.41, 5.74) is 0.388. The molecule has 0 saturated heterocycles. The van der Waals surface area contributed by atoms with E-state index in [-0.39, 0.29) is 16.2 Å². The largest absolute Gasteiger partial charge is 0.357 e. The van der Waals surface area contributed by atoms with E-state index in [2.05, 4.69) is 20.8 Å². The number of amides is 1. The van der Waals surface area contributed by atoms with E-state index < -0.39 is 5.82 Å². The molecule has 0 bridgehead atoms. The number of anilines is 2. The summed E-state index contributed by atoms with van der Waals surface area (Å²) in [7, 11) is 0. The molecule has 0 aliphatic heterocycles. The highest BCUT2D eigenvalue weighted by atomic mass is 35.5. The van der Waals surface area contributed by atoms with Crippen molar-refractivity contribution in [1.29, 1.82) is 0 Å². The number of hydrogen-bond donors (Lipinski definition) is 2. The molecule has 1 aliphatic carbocycles. The topological polar surface area (TPSA) is 66.9 Å². The summed E-state index contributed by atoms with van der Waals surface area (Å²) in [6.45, 7) is 1.77. The van der Waals surface area contributed by atoms with Crippen LogP contribution in [0.4, 0.5) is 15.2 Å². The average molecular weight is 373 g/mol. The van der Waals surface area contributed by atoms with Gasteiger partial charge >= 0.3 is 0 Å². The highest BCUT2D eigenvalue weighted by molar-refractivity contribution is 8.02. The van der Waals surface area contributed by atoms with E-state index in [0.29, 0.717) is 11.7 Å². The lowest BCUT2D eigenvalue weighted by Gasteiger charge is -2.11. The second kappa shape index (κ2) is 7.02. The number of nitrogens with one attached hydrogen (secondary N) is 2. The number of benzene rings is 1. The Kier molecular flexibility index (Phi) is 5.03. The smallest absolute Gasteiger partial charge is 0.237 e. The van der Waals surface area contributed by atoms with Crippen molar-refractivity contribution in [3.05, 3.63) is 29.0 Å². The number of aromatic nitrogens is 2. The van der Waals surface area contributed by atoms with Crippen molar-refractivity contribution in [1.82, 2.24) is 10.2 Å². The van der Waals surface area contributed by atoms with Crippen molar-refractivity contribution in [3.63, 3.8) is 0 Å². The fraction of sp³-hybridized carbons (Fsp3) is 0.357. The number of hydrogen-bond acceptors (Lipinski definition) is 6. The lowest BCUT2D eigenvalue weighted by molar-refractivity contribution is -0.115. The molecule has 1 unspecified atom stereocenters. The number of carbonyl (C=O) groups is 1. The lowest BCUT2D eigenvalue weighted by Crippen LogP contribution is -2.22. The maximum atomic E-state index is 13.0. The van der Waals surface area contributed by atoms with Crippen molar-refractivity contribution in [3.8, 4) is 0 Å². The molecule has 23 heavy (non-hydrogen) atoms. The highest BCUT2D eigenvalue weighted by Crippen LogP contribution is 2.32. The van der Waals surface area contributed by atoms with Gasteiger partial charge in [0, 0.05) is 6.04 Å². The summed E-state index contributed by atoms with van der Waals surface area (Å²) in [4.78, 5) is 12.2. The van der Waals surface area contributed by atoms with E-state index in [1.807, 2.05) is 0 Å². The summed E-state index contributed by atoms with van der Waals surface area (Å²) >= 11 is 8.66. The number of rotatable bonds is 6. The second-order valence-electron chi connectivity index (χ2n) is 5.17. The molecule has 3 rings (SSSR count). The first-order valence-electron chi connectivity index (χ1n) is 7.04. The third kappa shape index (κ3) is 4.55. The van der Waals surface area contributed by atoms with Gasteiger partial charge in [-0.25, -0.2) is 4.39 Å². The molecule has 5 nitrogen and oxygen atoms in total. The standard InChI is InChI=1S/C14H14ClFN4OS2/c1-7(12(21)18-11-5-2-8(16)6-10(11)15)22-14-20-19-13(23-14)17-9-3-4-9/h2,5-7,9H,3-4H2,1H3,(H,17,19)(H,18,21). The van der Waals surface area contributed by atoms with Crippen LogP contribution in [0.1, 0.15) is 19.8 Å². The predicted molar refractivity (Wildman–Crippen MR) is 91.9 cm³/mol. The fourth-order valence-electron chi connectivity index (χ4n) is 1.75. The van der Waals surface area contributed by atoms with Crippen LogP contribution in [-0.4, -0.2) is 27.4 Å². The van der Waals surface area contributed by atoms with Crippen LogP contribution in [-0.2, 0) is 4.79 Å². The van der Waals surface area contributed by atoms with Crippen LogP contribution in [0.3, 0.4) is 0 Å². The van der Waals surface area contributed by atoms with Gasteiger partial charge in [0.1, 0.15) is 5.82 Å². The monoisotopic (exact) mass is 372 g/mol. The van der Waals surface area contributed by atoms with Crippen LogP contribution in [0.25, 0.3) is 0 Å². The molecule has 2 N–H and O–H groups in total. The summed E-state index contributed by atoms with van der Waals surface area (Å²) in [6.07, 6.45) is 2.33. The molecule has 1 aromatic carbocycles. The van der Waals surface area contributed by atoms with E-state index in [1.165, 1.54) is 48.1 Å². The third-order valence-corrected chi connectivity index (χ3v) is 5.50. The Labute approximate surface area is 146 Å². The highest BCUT2D eigenvalue weighted by Gasteiger charge is 2.23. The minimum Gasteiger partial charge on any atom is -0.357 e. The van der Waals surface area contributed by atoms with Crippen molar-refractivity contribution >= 4 is 51.4 Å². The average Bonchev–Trinajstić information content (AvgIpc) is 3.20. The van der Waals surface area contributed by atoms with Crippen molar-refractivity contribution < 1.29 is 9.18 Å². The van der Waals surface area contributed by atoms with Crippen molar-refractivity contribution in [2.75, 3.05) is 10.6 Å². The Hall–Kier alpha value is -1.38. The van der Waals surface area contributed by atoms with Gasteiger partial charge in [-0.15, -0.1) is 10.2 Å². The Bertz CT molecular complexity index is 723. The number of nitrogens with zero attached hydrogens (tertiary/aromatic N) is 2. The molecule has 1 fully saturated rings. The zero-order valence-corrected chi connectivity index (χ0v) is 14.6. The maximum absolute atomic E-state index is 13.0. The van der Waals surface area contributed by atoms with E-state index in [9.17, 15) is 9.18 Å². The summed E-state index contributed by atoms with van der Waals surface area (Å²) < 4.78 is 13.7. The molecule has 1 atom stereocenters. The van der Waals surface area contributed by atoms with Gasteiger partial charge in [-0.05, 0) is 38.0 Å². The first-order chi connectivity index (χ1) is 11.0. The molecular formula is C14H14ClFN4OS2. The Morgan fingerprint density at radius 1 is 1.48 bits per heavy atom. The van der Waals surface area contributed by atoms with Crippen LogP contribution in [0.2, 0.25) is 5.02 Å². The first kappa shape index (κ1) is 16.5. The SMILES string of the molecule is CC(Sc1nnc(NC2CC2)s1)C(=O)Nc1ccc(F)cc1Cl. The molecule has 122 valence electrons. The van der Waals surface area contributed by atoms with Crippen LogP contribution in [0.15, 0.2) is 22.5 Å². The van der Waals surface area contributed by atoms with Crippen LogP contribution >= 0.6 is 34.7 Å². The van der Waals surface area contributed by atoms with Gasteiger partial charge in [-0.3, -0.25) is 4.79 Å². The second-order valence-corrected chi connectivity index (χ2v) is 8.14. The molecule has 1 amide bonds. The molecule has 1 aliphatic rings. The van der Waals surface area contributed by atoms with Crippen molar-refractivity contribution in [2.24, 2.45) is 0 Å². The molecule has 0 spiro atoms. The molecule has 1 heterocycles. The van der Waals surface area contributed by atoms with Gasteiger partial charge in [0.25, 0.3) is 0 Å². The molecule has 0 radical (unpaired) electrons. The van der Waals surface area contributed by atoms with E-state index in [1.54, 1.807) is 6.92 Å². The summed E-state index contributed by atoms with van der Waals surface area (Å²) in [5, 5.41) is 14.7. The van der Waals surface area contributed by atoms with Gasteiger partial charge in [0.2, 0.25) is 11.0 Å². The van der Waals surface area contributed by atoms with Crippen molar-refractivity contribution in [2.45, 2.75) is 35.4 Å². The van der Waals surface area contributed by atoms with Gasteiger partial charge in [-0.1, -0.05) is 34.7 Å². The first-order valence-corrected chi connectivity index (χ1v) is 9.11. The Balaban J connectivity index is 1.57. The number of carbonyl (C=O) groups excluding carboxylic acids is 1. The van der Waals surface area contributed by atoms with Gasteiger partial charge in [0.15, 0.2) is 4.34 Å². The molecule has 1 saturated carbocycles. The zero-order valence-electron chi connectivity index (χ0n) is 12.2. The van der Waals surface area contributed by atoms with Crippen LogP contribution in [0, 0.1) is 5.82 Å². The lowest BCUT2D eigenvalue weighted by atomic mass is 10.3. The molecule has 2 aromatic rings. The normalized spacial score (nSPS) is 15.3. The molecule has 9 heteroatoms. The third-order valence-electron chi connectivity index (χ3n) is 3.15. The fourth-order valence-corrected chi connectivity index (χ4v) is 3.94. The Morgan fingerprint density at radius 2 is 2.26 bits per heavy atom. The van der Waals surface area contributed by atoms with Crippen LogP contribution in [0.5, 0.6) is 0 Å². The minimum absolute atomic E-state index is 0.169. The van der Waals surface area contributed by atoms with E-state index in [0.717, 1.165) is 15.5 Å². The van der Waals surface area contributed by atoms with E-state index in [4.69, 9.17) is 11.6 Å². The molecule has 1 aromatic heterocycles. The maximum Gasteiger partial charge on any atom is 0.237 e. The molecular weight excluding hydrogens is 359 g/mol. The minimum atomic E-state index is -0.444. The number of halogens is 2. The predicted octanol–water partition coefficient (Wildman–Crippen LogP) is 4.02. The van der Waals surface area contributed by atoms with E-state index >= 15 is 0 Å². The summed E-state index contributed by atoms with van der Waals surface area (Å²) in [6, 6.07) is 4.37. The Morgan fingerprint density at radius 3 is 2.96 bits per heavy atom. The van der Waals surface area contributed by atoms with Crippen LogP contribution < -0.4 is 10.6 Å².